The molecule has 0 saturated carbocycles. The second-order valence-corrected chi connectivity index (χ2v) is 9.74. The molecule has 1 aromatic carbocycles. The molecular formula is C20H23Cl2N3O2S2. The highest BCUT2D eigenvalue weighted by molar-refractivity contribution is 7.22. The average molecular weight is 472 g/mol. The molecule has 0 saturated heterocycles. The van der Waals surface area contributed by atoms with E-state index in [-0.39, 0.29) is 5.91 Å². The standard InChI is InChI=1S/C20H23Cl2N3O2S2/c1-5-24(6-2)9-10-25(19(26)13-11-15(21)28-18(13)22)20-23-16-14(27-4)8-7-12(3)17(16)29-20/h7-8,11H,5-6,9-10H2,1-4H3. The largest absolute Gasteiger partial charge is 0.494 e. The lowest BCUT2D eigenvalue weighted by atomic mass is 10.2. The van der Waals surface area contributed by atoms with Crippen LogP contribution in [0.4, 0.5) is 5.13 Å². The van der Waals surface area contributed by atoms with E-state index < -0.39 is 0 Å². The number of carbonyl (C=O) groups excluding carboxylic acids is 1. The number of rotatable bonds is 8. The van der Waals surface area contributed by atoms with E-state index in [0.717, 1.165) is 35.4 Å². The molecule has 0 spiro atoms. The van der Waals surface area contributed by atoms with Crippen molar-refractivity contribution in [1.82, 2.24) is 9.88 Å². The van der Waals surface area contributed by atoms with Crippen molar-refractivity contribution < 1.29 is 9.53 Å². The fourth-order valence-corrected chi connectivity index (χ4v) is 5.60. The molecule has 3 rings (SSSR count). The number of ether oxygens (including phenoxy) is 1. The molecule has 2 aromatic heterocycles. The number of carbonyl (C=O) groups is 1. The van der Waals surface area contributed by atoms with Crippen LogP contribution in [0.25, 0.3) is 10.2 Å². The summed E-state index contributed by atoms with van der Waals surface area (Å²) < 4.78 is 7.36. The van der Waals surface area contributed by atoms with Gasteiger partial charge in [-0.25, -0.2) is 4.98 Å². The molecule has 0 aliphatic rings. The molecule has 0 unspecified atom stereocenters. The minimum absolute atomic E-state index is 0.194. The summed E-state index contributed by atoms with van der Waals surface area (Å²) in [5.41, 5.74) is 2.27. The lowest BCUT2D eigenvalue weighted by molar-refractivity contribution is 0.0984. The minimum Gasteiger partial charge on any atom is -0.494 e. The number of methoxy groups -OCH3 is 1. The molecule has 0 aliphatic heterocycles. The van der Waals surface area contributed by atoms with Crippen molar-refractivity contribution in [1.29, 1.82) is 0 Å². The summed E-state index contributed by atoms with van der Waals surface area (Å²) in [6.07, 6.45) is 0. The molecule has 0 bridgehead atoms. The third-order valence-corrected chi connectivity index (χ3v) is 7.51. The Bertz CT molecular complexity index is 1010. The van der Waals surface area contributed by atoms with Crippen LogP contribution in [-0.4, -0.2) is 49.1 Å². The Kier molecular flexibility index (Phi) is 7.40. The zero-order chi connectivity index (χ0) is 21.1. The predicted octanol–water partition coefficient (Wildman–Crippen LogP) is 5.97. The summed E-state index contributed by atoms with van der Waals surface area (Å²) in [4.78, 5) is 22.1. The molecule has 5 nitrogen and oxygen atoms in total. The number of aryl methyl sites for hydroxylation is 1. The third kappa shape index (κ3) is 4.70. The van der Waals surface area contributed by atoms with Crippen LogP contribution in [0.2, 0.25) is 8.67 Å². The zero-order valence-electron chi connectivity index (χ0n) is 16.8. The summed E-state index contributed by atoms with van der Waals surface area (Å²) in [7, 11) is 1.62. The number of thiazole rings is 1. The lowest BCUT2D eigenvalue weighted by Crippen LogP contribution is -2.38. The number of nitrogens with zero attached hydrogens (tertiary/aromatic N) is 3. The van der Waals surface area contributed by atoms with Crippen LogP contribution >= 0.6 is 45.9 Å². The van der Waals surface area contributed by atoms with Crippen molar-refractivity contribution in [3.8, 4) is 5.75 Å². The van der Waals surface area contributed by atoms with Crippen LogP contribution in [0.3, 0.4) is 0 Å². The number of halogens is 2. The summed E-state index contributed by atoms with van der Waals surface area (Å²) in [6, 6.07) is 5.53. The van der Waals surface area contributed by atoms with E-state index in [0.29, 0.717) is 31.7 Å². The van der Waals surface area contributed by atoms with Gasteiger partial charge in [0.25, 0.3) is 5.91 Å². The van der Waals surface area contributed by atoms with E-state index in [1.54, 1.807) is 18.1 Å². The number of hydrogen-bond donors (Lipinski definition) is 0. The minimum atomic E-state index is -0.194. The fourth-order valence-electron chi connectivity index (χ4n) is 3.08. The van der Waals surface area contributed by atoms with Crippen molar-refractivity contribution in [2.45, 2.75) is 20.8 Å². The van der Waals surface area contributed by atoms with Gasteiger partial charge >= 0.3 is 0 Å². The first kappa shape index (κ1) is 22.3. The smallest absolute Gasteiger partial charge is 0.262 e. The van der Waals surface area contributed by atoms with Crippen LogP contribution in [-0.2, 0) is 0 Å². The molecule has 0 aliphatic carbocycles. The molecule has 0 atom stereocenters. The number of thiophene rings is 1. The molecule has 0 radical (unpaired) electrons. The molecule has 156 valence electrons. The quantitative estimate of drug-likeness (QED) is 0.405. The van der Waals surface area contributed by atoms with E-state index in [4.69, 9.17) is 32.9 Å². The SMILES string of the molecule is CCN(CC)CCN(C(=O)c1cc(Cl)sc1Cl)c1nc2c(OC)ccc(C)c2s1. The van der Waals surface area contributed by atoms with Gasteiger partial charge in [-0.2, -0.15) is 0 Å². The van der Waals surface area contributed by atoms with Crippen molar-refractivity contribution in [3.63, 3.8) is 0 Å². The number of benzene rings is 1. The predicted molar refractivity (Wildman–Crippen MR) is 125 cm³/mol. The Morgan fingerprint density at radius 3 is 2.48 bits per heavy atom. The highest BCUT2D eigenvalue weighted by atomic mass is 35.5. The van der Waals surface area contributed by atoms with Crippen LogP contribution in [0.15, 0.2) is 18.2 Å². The molecule has 2 heterocycles. The third-order valence-electron chi connectivity index (χ3n) is 4.81. The average Bonchev–Trinajstić information content (AvgIpc) is 3.29. The number of fused-ring (bicyclic) bond motifs is 1. The van der Waals surface area contributed by atoms with Gasteiger partial charge in [-0.3, -0.25) is 9.69 Å². The first-order chi connectivity index (χ1) is 13.9. The summed E-state index contributed by atoms with van der Waals surface area (Å²) >= 11 is 15.0. The molecule has 9 heteroatoms. The first-order valence-corrected chi connectivity index (χ1v) is 11.7. The molecule has 29 heavy (non-hydrogen) atoms. The van der Waals surface area contributed by atoms with Crippen molar-refractivity contribution in [3.05, 3.63) is 38.0 Å². The van der Waals surface area contributed by atoms with E-state index in [2.05, 4.69) is 18.7 Å². The van der Waals surface area contributed by atoms with Gasteiger partial charge < -0.3 is 9.64 Å². The highest BCUT2D eigenvalue weighted by Crippen LogP contribution is 2.38. The van der Waals surface area contributed by atoms with E-state index in [1.807, 2.05) is 19.1 Å². The summed E-state index contributed by atoms with van der Waals surface area (Å²) in [5, 5.41) is 0.628. The van der Waals surface area contributed by atoms with Gasteiger partial charge in [-0.15, -0.1) is 11.3 Å². The lowest BCUT2D eigenvalue weighted by Gasteiger charge is -2.24. The zero-order valence-corrected chi connectivity index (χ0v) is 19.9. The fraction of sp³-hybridized carbons (Fsp3) is 0.400. The van der Waals surface area contributed by atoms with Gasteiger partial charge in [-0.05, 0) is 37.7 Å². The maximum absolute atomic E-state index is 13.4. The summed E-state index contributed by atoms with van der Waals surface area (Å²) in [5.74, 6) is 0.502. The van der Waals surface area contributed by atoms with Gasteiger partial charge in [0.1, 0.15) is 15.6 Å². The Morgan fingerprint density at radius 2 is 1.90 bits per heavy atom. The molecule has 0 fully saturated rings. The number of aromatic nitrogens is 1. The molecule has 3 aromatic rings. The second kappa shape index (κ2) is 9.62. The van der Waals surface area contributed by atoms with Gasteiger partial charge in [0.15, 0.2) is 5.13 Å². The molecule has 1 amide bonds. The Balaban J connectivity index is 2.05. The number of likely N-dealkylation sites (N-methyl/N-ethyl adjacent to an activating group) is 1. The van der Waals surface area contributed by atoms with Crippen LogP contribution < -0.4 is 9.64 Å². The first-order valence-electron chi connectivity index (χ1n) is 9.32. The van der Waals surface area contributed by atoms with Crippen molar-refractivity contribution in [2.24, 2.45) is 0 Å². The maximum Gasteiger partial charge on any atom is 0.262 e. The van der Waals surface area contributed by atoms with Crippen LogP contribution in [0.1, 0.15) is 29.8 Å². The maximum atomic E-state index is 13.4. The van der Waals surface area contributed by atoms with E-state index in [9.17, 15) is 4.79 Å². The van der Waals surface area contributed by atoms with E-state index in [1.165, 1.54) is 22.7 Å². The highest BCUT2D eigenvalue weighted by Gasteiger charge is 2.26. The molecular weight excluding hydrogens is 449 g/mol. The summed E-state index contributed by atoms with van der Waals surface area (Å²) in [6.45, 7) is 9.31. The monoisotopic (exact) mass is 471 g/mol. The van der Waals surface area contributed by atoms with Gasteiger partial charge in [0, 0.05) is 13.1 Å². The van der Waals surface area contributed by atoms with Crippen LogP contribution in [0, 0.1) is 6.92 Å². The Labute approximate surface area is 188 Å². The van der Waals surface area contributed by atoms with E-state index >= 15 is 0 Å². The van der Waals surface area contributed by atoms with Gasteiger partial charge in [0.05, 0.1) is 21.7 Å². The Hall–Kier alpha value is -1.38. The number of hydrogen-bond acceptors (Lipinski definition) is 6. The topological polar surface area (TPSA) is 45.7 Å². The number of anilines is 1. The van der Waals surface area contributed by atoms with Gasteiger partial charge in [0.2, 0.25) is 0 Å². The van der Waals surface area contributed by atoms with Gasteiger partial charge in [-0.1, -0.05) is 54.5 Å². The van der Waals surface area contributed by atoms with Crippen molar-refractivity contribution in [2.75, 3.05) is 38.2 Å². The van der Waals surface area contributed by atoms with Crippen molar-refractivity contribution >= 4 is 67.1 Å². The molecule has 0 N–H and O–H groups in total. The Morgan fingerprint density at radius 1 is 1.17 bits per heavy atom. The normalized spacial score (nSPS) is 11.4. The number of amides is 1. The second-order valence-electron chi connectivity index (χ2n) is 6.48. The van der Waals surface area contributed by atoms with Crippen LogP contribution in [0.5, 0.6) is 5.75 Å².